The standard InChI is InChI=1S/C13H11Cl2NOS2/c1-7(2)16-12(17)11(19-13(16)18)5-8-3-4-9(14)6-10(8)15/h3-7H,1-2H3/b11-5+. The minimum Gasteiger partial charge on any atom is -0.290 e. The zero-order valence-corrected chi connectivity index (χ0v) is 13.5. The second-order valence-electron chi connectivity index (χ2n) is 4.31. The highest BCUT2D eigenvalue weighted by Crippen LogP contribution is 2.35. The Morgan fingerprint density at radius 3 is 2.58 bits per heavy atom. The highest BCUT2D eigenvalue weighted by atomic mass is 35.5. The molecular weight excluding hydrogens is 321 g/mol. The number of halogens is 2. The molecule has 2 nitrogen and oxygen atoms in total. The first-order valence-corrected chi connectivity index (χ1v) is 7.60. The minimum atomic E-state index is -0.0731. The Morgan fingerprint density at radius 2 is 2.05 bits per heavy atom. The number of nitrogens with zero attached hydrogens (tertiary/aromatic N) is 1. The van der Waals surface area contributed by atoms with Gasteiger partial charge in [0.1, 0.15) is 4.32 Å². The molecular formula is C13H11Cl2NOS2. The Bertz CT molecular complexity index is 584. The van der Waals surface area contributed by atoms with E-state index in [-0.39, 0.29) is 11.9 Å². The van der Waals surface area contributed by atoms with Crippen LogP contribution in [0.4, 0.5) is 0 Å². The van der Waals surface area contributed by atoms with E-state index in [9.17, 15) is 4.79 Å². The molecule has 0 aromatic heterocycles. The molecule has 0 saturated carbocycles. The first-order valence-electron chi connectivity index (χ1n) is 5.62. The maximum atomic E-state index is 12.2. The number of benzene rings is 1. The van der Waals surface area contributed by atoms with Crippen LogP contribution in [0.25, 0.3) is 6.08 Å². The fraction of sp³-hybridized carbons (Fsp3) is 0.231. The topological polar surface area (TPSA) is 20.3 Å². The summed E-state index contributed by atoms with van der Waals surface area (Å²) in [6.45, 7) is 3.87. The van der Waals surface area contributed by atoms with Crippen LogP contribution in [0, 0.1) is 0 Å². The fourth-order valence-corrected chi connectivity index (χ4v) is 3.66. The van der Waals surface area contributed by atoms with Crippen LogP contribution in [0.3, 0.4) is 0 Å². The molecule has 6 heteroatoms. The zero-order chi connectivity index (χ0) is 14.2. The van der Waals surface area contributed by atoms with E-state index < -0.39 is 0 Å². The largest absolute Gasteiger partial charge is 0.290 e. The van der Waals surface area contributed by atoms with Gasteiger partial charge in [-0.1, -0.05) is 53.2 Å². The fourth-order valence-electron chi connectivity index (χ4n) is 1.68. The first kappa shape index (κ1) is 14.9. The summed E-state index contributed by atoms with van der Waals surface area (Å²) in [5.41, 5.74) is 0.760. The highest BCUT2D eigenvalue weighted by molar-refractivity contribution is 8.26. The number of hydrogen-bond donors (Lipinski definition) is 0. The molecule has 0 aliphatic carbocycles. The quantitative estimate of drug-likeness (QED) is 0.583. The predicted molar refractivity (Wildman–Crippen MR) is 86.6 cm³/mol. The number of amides is 1. The van der Waals surface area contributed by atoms with E-state index in [1.54, 1.807) is 29.2 Å². The molecule has 100 valence electrons. The maximum Gasteiger partial charge on any atom is 0.266 e. The van der Waals surface area contributed by atoms with Gasteiger partial charge in [0.2, 0.25) is 0 Å². The summed E-state index contributed by atoms with van der Waals surface area (Å²) in [5, 5.41) is 1.08. The Morgan fingerprint density at radius 1 is 1.37 bits per heavy atom. The van der Waals surface area contributed by atoms with Gasteiger partial charge in [-0.05, 0) is 37.6 Å². The van der Waals surface area contributed by atoms with Gasteiger partial charge in [0.05, 0.1) is 4.91 Å². The van der Waals surface area contributed by atoms with Crippen LogP contribution in [-0.4, -0.2) is 21.2 Å². The molecule has 1 saturated heterocycles. The van der Waals surface area contributed by atoms with E-state index in [4.69, 9.17) is 35.4 Å². The van der Waals surface area contributed by atoms with Gasteiger partial charge in [0.15, 0.2) is 0 Å². The molecule has 19 heavy (non-hydrogen) atoms. The summed E-state index contributed by atoms with van der Waals surface area (Å²) >= 11 is 18.4. The van der Waals surface area contributed by atoms with Crippen LogP contribution >= 0.6 is 47.2 Å². The third-order valence-corrected chi connectivity index (χ3v) is 4.48. The number of thiocarbonyl (C=S) groups is 1. The van der Waals surface area contributed by atoms with Crippen molar-refractivity contribution in [2.75, 3.05) is 0 Å². The summed E-state index contributed by atoms with van der Waals surface area (Å²) in [4.78, 5) is 14.4. The lowest BCUT2D eigenvalue weighted by Crippen LogP contribution is -2.34. The Balaban J connectivity index is 2.35. The van der Waals surface area contributed by atoms with Crippen molar-refractivity contribution in [3.8, 4) is 0 Å². The van der Waals surface area contributed by atoms with Crippen molar-refractivity contribution in [1.82, 2.24) is 4.90 Å². The molecule has 0 atom stereocenters. The summed E-state index contributed by atoms with van der Waals surface area (Å²) in [7, 11) is 0. The van der Waals surface area contributed by atoms with Crippen LogP contribution in [0.2, 0.25) is 10.0 Å². The van der Waals surface area contributed by atoms with Gasteiger partial charge in [0.25, 0.3) is 5.91 Å². The van der Waals surface area contributed by atoms with E-state index in [0.717, 1.165) is 5.56 Å². The molecule has 2 rings (SSSR count). The predicted octanol–water partition coefficient (Wildman–Crippen LogP) is 4.60. The number of carbonyl (C=O) groups is 1. The molecule has 0 spiro atoms. The van der Waals surface area contributed by atoms with E-state index in [1.165, 1.54) is 11.8 Å². The Hall–Kier alpha value is -0.550. The van der Waals surface area contributed by atoms with Crippen LogP contribution in [0.5, 0.6) is 0 Å². The van der Waals surface area contributed by atoms with E-state index >= 15 is 0 Å². The lowest BCUT2D eigenvalue weighted by Gasteiger charge is -2.18. The Labute approximate surface area is 131 Å². The molecule has 0 bridgehead atoms. The molecule has 1 aromatic rings. The Kier molecular flexibility index (Phi) is 4.56. The molecule has 1 fully saturated rings. The van der Waals surface area contributed by atoms with Gasteiger partial charge >= 0.3 is 0 Å². The summed E-state index contributed by atoms with van der Waals surface area (Å²) in [6, 6.07) is 5.23. The van der Waals surface area contributed by atoms with Gasteiger partial charge in [0, 0.05) is 16.1 Å². The van der Waals surface area contributed by atoms with E-state index in [0.29, 0.717) is 19.3 Å². The van der Waals surface area contributed by atoms with Gasteiger partial charge in [-0.15, -0.1) is 0 Å². The van der Waals surface area contributed by atoms with Crippen LogP contribution in [0.1, 0.15) is 19.4 Å². The van der Waals surface area contributed by atoms with Crippen molar-refractivity contribution in [3.05, 3.63) is 38.7 Å². The van der Waals surface area contributed by atoms with Crippen molar-refractivity contribution >= 4 is 63.5 Å². The number of carbonyl (C=O) groups excluding carboxylic acids is 1. The molecule has 0 radical (unpaired) electrons. The molecule has 1 amide bonds. The number of hydrogen-bond acceptors (Lipinski definition) is 3. The SMILES string of the molecule is CC(C)N1C(=O)/C(=C\c2ccc(Cl)cc2Cl)SC1=S. The van der Waals surface area contributed by atoms with E-state index in [1.807, 2.05) is 13.8 Å². The lowest BCUT2D eigenvalue weighted by atomic mass is 10.2. The van der Waals surface area contributed by atoms with Gasteiger partial charge in [-0.25, -0.2) is 0 Å². The van der Waals surface area contributed by atoms with Crippen molar-refractivity contribution in [3.63, 3.8) is 0 Å². The molecule has 1 aliphatic rings. The summed E-state index contributed by atoms with van der Waals surface area (Å²) in [6.07, 6.45) is 1.75. The van der Waals surface area contributed by atoms with Crippen LogP contribution < -0.4 is 0 Å². The average Bonchev–Trinajstić information content (AvgIpc) is 2.58. The van der Waals surface area contributed by atoms with Gasteiger partial charge < -0.3 is 0 Å². The number of thioether (sulfide) groups is 1. The highest BCUT2D eigenvalue weighted by Gasteiger charge is 2.33. The van der Waals surface area contributed by atoms with Crippen molar-refractivity contribution in [1.29, 1.82) is 0 Å². The molecule has 0 N–H and O–H groups in total. The molecule has 1 aromatic carbocycles. The molecule has 1 aliphatic heterocycles. The van der Waals surface area contributed by atoms with Crippen molar-refractivity contribution in [2.24, 2.45) is 0 Å². The lowest BCUT2D eigenvalue weighted by molar-refractivity contribution is -0.123. The summed E-state index contributed by atoms with van der Waals surface area (Å²) in [5.74, 6) is -0.0731. The smallest absolute Gasteiger partial charge is 0.266 e. The average molecular weight is 332 g/mol. The maximum absolute atomic E-state index is 12.2. The van der Waals surface area contributed by atoms with Gasteiger partial charge in [-0.2, -0.15) is 0 Å². The molecule has 1 heterocycles. The van der Waals surface area contributed by atoms with Crippen molar-refractivity contribution < 1.29 is 4.79 Å². The van der Waals surface area contributed by atoms with Crippen LogP contribution in [0.15, 0.2) is 23.1 Å². The second-order valence-corrected chi connectivity index (χ2v) is 6.83. The third-order valence-electron chi connectivity index (χ3n) is 2.59. The zero-order valence-electron chi connectivity index (χ0n) is 10.3. The number of rotatable bonds is 2. The minimum absolute atomic E-state index is 0.0547. The van der Waals surface area contributed by atoms with Crippen LogP contribution in [-0.2, 0) is 4.79 Å². The monoisotopic (exact) mass is 331 g/mol. The summed E-state index contributed by atoms with van der Waals surface area (Å²) < 4.78 is 0.580. The van der Waals surface area contributed by atoms with Crippen molar-refractivity contribution in [2.45, 2.75) is 19.9 Å². The molecule has 0 unspecified atom stereocenters. The third kappa shape index (κ3) is 3.14. The first-order chi connectivity index (χ1) is 8.90. The second kappa shape index (κ2) is 5.83. The van der Waals surface area contributed by atoms with Gasteiger partial charge in [-0.3, -0.25) is 9.69 Å². The van der Waals surface area contributed by atoms with E-state index in [2.05, 4.69) is 0 Å². The normalized spacial score (nSPS) is 17.9.